The summed E-state index contributed by atoms with van der Waals surface area (Å²) in [5.74, 6) is -0.291. The van der Waals surface area contributed by atoms with Crippen LogP contribution in [-0.2, 0) is 0 Å². The van der Waals surface area contributed by atoms with Gasteiger partial charge in [0.2, 0.25) is 5.95 Å². The maximum atomic E-state index is 12.8. The minimum Gasteiger partial charge on any atom is -0.319 e. The Balaban J connectivity index is 1.73. The third kappa shape index (κ3) is 2.92. The molecule has 0 spiro atoms. The molecule has 1 aromatic carbocycles. The first-order valence-electron chi connectivity index (χ1n) is 6.10. The van der Waals surface area contributed by atoms with Crippen molar-refractivity contribution in [1.82, 2.24) is 19.5 Å². The van der Waals surface area contributed by atoms with Crippen molar-refractivity contribution in [3.8, 4) is 5.95 Å². The first-order valence-corrected chi connectivity index (χ1v) is 6.10. The number of nitrogens with zero attached hydrogens (tertiary/aromatic N) is 4. The molecule has 2 aromatic heterocycles. The van der Waals surface area contributed by atoms with E-state index in [1.165, 1.54) is 36.7 Å². The van der Waals surface area contributed by atoms with Crippen LogP contribution in [0.4, 0.5) is 10.1 Å². The molecule has 6 nitrogen and oxygen atoms in total. The van der Waals surface area contributed by atoms with Gasteiger partial charge in [-0.05, 0) is 24.3 Å². The van der Waals surface area contributed by atoms with Gasteiger partial charge in [0.25, 0.3) is 5.91 Å². The van der Waals surface area contributed by atoms with Gasteiger partial charge in [-0.25, -0.2) is 19.3 Å². The second-order valence-electron chi connectivity index (χ2n) is 4.20. The van der Waals surface area contributed by atoms with Crippen molar-refractivity contribution >= 4 is 11.6 Å². The predicted molar refractivity (Wildman–Crippen MR) is 73.5 cm³/mol. The maximum Gasteiger partial charge on any atom is 0.255 e. The number of hydrogen-bond acceptors (Lipinski definition) is 4. The molecule has 21 heavy (non-hydrogen) atoms. The summed E-state index contributed by atoms with van der Waals surface area (Å²) in [6.45, 7) is 0. The smallest absolute Gasteiger partial charge is 0.255 e. The van der Waals surface area contributed by atoms with E-state index in [2.05, 4.69) is 20.3 Å². The summed E-state index contributed by atoms with van der Waals surface area (Å²) in [5, 5.41) is 2.64. The molecule has 0 fully saturated rings. The van der Waals surface area contributed by atoms with E-state index in [0.717, 1.165) is 0 Å². The molecule has 0 saturated heterocycles. The molecular formula is C14H10FN5O. The number of anilines is 1. The maximum absolute atomic E-state index is 12.8. The molecule has 1 N–H and O–H groups in total. The molecule has 2 heterocycles. The zero-order valence-corrected chi connectivity index (χ0v) is 10.8. The average Bonchev–Trinajstić information content (AvgIpc) is 3.03. The molecule has 3 aromatic rings. The van der Waals surface area contributed by atoms with Crippen LogP contribution in [0.3, 0.4) is 0 Å². The monoisotopic (exact) mass is 283 g/mol. The van der Waals surface area contributed by atoms with Crippen molar-refractivity contribution in [2.45, 2.75) is 0 Å². The van der Waals surface area contributed by atoms with Crippen LogP contribution in [0.1, 0.15) is 10.4 Å². The van der Waals surface area contributed by atoms with Crippen LogP contribution in [-0.4, -0.2) is 25.4 Å². The van der Waals surface area contributed by atoms with Crippen molar-refractivity contribution in [2.75, 3.05) is 5.32 Å². The van der Waals surface area contributed by atoms with Gasteiger partial charge >= 0.3 is 0 Å². The number of amides is 1. The normalized spacial score (nSPS) is 10.3. The Morgan fingerprint density at radius 2 is 1.86 bits per heavy atom. The Morgan fingerprint density at radius 1 is 1.14 bits per heavy atom. The van der Waals surface area contributed by atoms with Crippen LogP contribution in [0.25, 0.3) is 5.95 Å². The summed E-state index contributed by atoms with van der Waals surface area (Å²) < 4.78 is 14.4. The lowest BCUT2D eigenvalue weighted by Crippen LogP contribution is -2.12. The van der Waals surface area contributed by atoms with E-state index in [9.17, 15) is 9.18 Å². The number of aromatic nitrogens is 4. The number of rotatable bonds is 3. The largest absolute Gasteiger partial charge is 0.319 e. The predicted octanol–water partition coefficient (Wildman–Crippen LogP) is 2.05. The average molecular weight is 283 g/mol. The van der Waals surface area contributed by atoms with Crippen molar-refractivity contribution < 1.29 is 9.18 Å². The first kappa shape index (κ1) is 12.9. The standard InChI is InChI=1S/C14H10FN5O/c15-11-3-1-10(2-4-11)13(21)19-12-7-17-14(18-8-12)20-6-5-16-9-20/h1-9H,(H,19,21). The molecule has 0 unspecified atom stereocenters. The van der Waals surface area contributed by atoms with Gasteiger partial charge in [-0.3, -0.25) is 9.36 Å². The minimum absolute atomic E-state index is 0.353. The first-order chi connectivity index (χ1) is 10.2. The Kier molecular flexibility index (Phi) is 3.38. The molecule has 0 aliphatic heterocycles. The molecule has 0 saturated carbocycles. The van der Waals surface area contributed by atoms with E-state index in [-0.39, 0.29) is 11.7 Å². The van der Waals surface area contributed by atoms with Crippen LogP contribution >= 0.6 is 0 Å². The van der Waals surface area contributed by atoms with Gasteiger partial charge in [0.1, 0.15) is 12.1 Å². The van der Waals surface area contributed by atoms with Crippen LogP contribution in [0.2, 0.25) is 0 Å². The lowest BCUT2D eigenvalue weighted by molar-refractivity contribution is 0.102. The molecule has 1 amide bonds. The molecule has 3 rings (SSSR count). The summed E-state index contributed by atoms with van der Waals surface area (Å²) >= 11 is 0. The van der Waals surface area contributed by atoms with Crippen LogP contribution in [0.15, 0.2) is 55.4 Å². The van der Waals surface area contributed by atoms with E-state index in [1.807, 2.05) is 0 Å². The van der Waals surface area contributed by atoms with Gasteiger partial charge in [-0.15, -0.1) is 0 Å². The fourth-order valence-corrected chi connectivity index (χ4v) is 1.70. The Bertz CT molecular complexity index is 738. The van der Waals surface area contributed by atoms with Crippen LogP contribution < -0.4 is 5.32 Å². The molecule has 7 heteroatoms. The highest BCUT2D eigenvalue weighted by atomic mass is 19.1. The molecule has 104 valence electrons. The fourth-order valence-electron chi connectivity index (χ4n) is 1.70. The zero-order chi connectivity index (χ0) is 14.7. The van der Waals surface area contributed by atoms with Crippen molar-refractivity contribution in [3.63, 3.8) is 0 Å². The summed E-state index contributed by atoms with van der Waals surface area (Å²) in [4.78, 5) is 24.1. The Hall–Kier alpha value is -3.09. The van der Waals surface area contributed by atoms with Crippen molar-refractivity contribution in [3.05, 3.63) is 66.8 Å². The quantitative estimate of drug-likeness (QED) is 0.798. The third-order valence-electron chi connectivity index (χ3n) is 2.74. The van der Waals surface area contributed by atoms with E-state index in [4.69, 9.17) is 0 Å². The second kappa shape index (κ2) is 5.49. The van der Waals surface area contributed by atoms with E-state index in [1.54, 1.807) is 23.3 Å². The van der Waals surface area contributed by atoms with Crippen LogP contribution in [0, 0.1) is 5.82 Å². The topological polar surface area (TPSA) is 72.7 Å². The summed E-state index contributed by atoms with van der Waals surface area (Å²) in [6.07, 6.45) is 7.89. The van der Waals surface area contributed by atoms with Gasteiger partial charge in [-0.1, -0.05) is 0 Å². The second-order valence-corrected chi connectivity index (χ2v) is 4.20. The number of hydrogen-bond donors (Lipinski definition) is 1. The number of carbonyl (C=O) groups is 1. The fraction of sp³-hybridized carbons (Fsp3) is 0. The molecule has 0 aliphatic rings. The van der Waals surface area contributed by atoms with E-state index < -0.39 is 0 Å². The van der Waals surface area contributed by atoms with Crippen LogP contribution in [0.5, 0.6) is 0 Å². The Morgan fingerprint density at radius 3 is 2.48 bits per heavy atom. The van der Waals surface area contributed by atoms with Gasteiger partial charge in [0.15, 0.2) is 0 Å². The van der Waals surface area contributed by atoms with E-state index in [0.29, 0.717) is 17.2 Å². The molecule has 0 radical (unpaired) electrons. The van der Waals surface area contributed by atoms with E-state index >= 15 is 0 Å². The highest BCUT2D eigenvalue weighted by Gasteiger charge is 2.07. The van der Waals surface area contributed by atoms with Crippen molar-refractivity contribution in [2.24, 2.45) is 0 Å². The highest BCUT2D eigenvalue weighted by Crippen LogP contribution is 2.09. The molecular weight excluding hydrogens is 273 g/mol. The highest BCUT2D eigenvalue weighted by molar-refractivity contribution is 6.04. The number of imidazole rings is 1. The molecule has 0 bridgehead atoms. The van der Waals surface area contributed by atoms with Gasteiger partial charge in [0.05, 0.1) is 18.1 Å². The minimum atomic E-state index is -0.389. The van der Waals surface area contributed by atoms with Gasteiger partial charge < -0.3 is 5.32 Å². The number of halogens is 1. The lowest BCUT2D eigenvalue weighted by atomic mass is 10.2. The summed E-state index contributed by atoms with van der Waals surface area (Å²) in [7, 11) is 0. The lowest BCUT2D eigenvalue weighted by Gasteiger charge is -2.05. The number of nitrogens with one attached hydrogen (secondary N) is 1. The number of benzene rings is 1. The molecule has 0 aliphatic carbocycles. The van der Waals surface area contributed by atoms with Gasteiger partial charge in [-0.2, -0.15) is 0 Å². The van der Waals surface area contributed by atoms with Gasteiger partial charge in [0, 0.05) is 18.0 Å². The number of carbonyl (C=O) groups excluding carboxylic acids is 1. The molecule has 0 atom stereocenters. The zero-order valence-electron chi connectivity index (χ0n) is 10.8. The Labute approximate surface area is 119 Å². The third-order valence-corrected chi connectivity index (χ3v) is 2.74. The summed E-state index contributed by atoms with van der Waals surface area (Å²) in [5.41, 5.74) is 0.809. The SMILES string of the molecule is O=C(Nc1cnc(-n2ccnc2)nc1)c1ccc(F)cc1. The summed E-state index contributed by atoms with van der Waals surface area (Å²) in [6, 6.07) is 5.28. The van der Waals surface area contributed by atoms with Crippen molar-refractivity contribution in [1.29, 1.82) is 0 Å².